The molecule has 0 atom stereocenters. The van der Waals surface area contributed by atoms with Gasteiger partial charge in [0.15, 0.2) is 0 Å². The van der Waals surface area contributed by atoms with Crippen molar-refractivity contribution in [3.05, 3.63) is 69.8 Å². The maximum atomic E-state index is 12.2. The highest BCUT2D eigenvalue weighted by Crippen LogP contribution is 2.56. The van der Waals surface area contributed by atoms with Crippen LogP contribution in [0.5, 0.6) is 0 Å². The molecule has 0 aromatic heterocycles. The van der Waals surface area contributed by atoms with Crippen LogP contribution < -0.4 is 0 Å². The van der Waals surface area contributed by atoms with E-state index in [2.05, 4.69) is 71.0 Å². The summed E-state index contributed by atoms with van der Waals surface area (Å²) >= 11 is 0. The summed E-state index contributed by atoms with van der Waals surface area (Å²) in [7, 11) is 1.67. The average molecular weight is 445 g/mol. The fourth-order valence-electron chi connectivity index (χ4n) is 6.01. The molecule has 1 saturated heterocycles. The van der Waals surface area contributed by atoms with Gasteiger partial charge in [-0.3, -0.25) is 9.69 Å². The van der Waals surface area contributed by atoms with E-state index < -0.39 is 0 Å². The molecule has 2 aromatic rings. The predicted octanol–water partition coefficient (Wildman–Crippen LogP) is 5.82. The van der Waals surface area contributed by atoms with Crippen LogP contribution in [-0.2, 0) is 27.6 Å². The van der Waals surface area contributed by atoms with Gasteiger partial charge in [0.2, 0.25) is 0 Å². The standard InChI is InChI=1S/C29H36N2O2/c1-19-15-23-24(28(4,5)12-11-27(23,2)3)16-22(19)29(13-14-29)21-9-7-20(8-10-21)17-31-25(32)18-30(6)26(31)33/h7-10,15-16H,11-14,17-18H2,1-6H3. The minimum Gasteiger partial charge on any atom is -0.318 e. The van der Waals surface area contributed by atoms with Gasteiger partial charge in [-0.05, 0) is 76.8 Å². The van der Waals surface area contributed by atoms with E-state index in [0.29, 0.717) is 6.54 Å². The van der Waals surface area contributed by atoms with Crippen LogP contribution in [0.25, 0.3) is 0 Å². The zero-order valence-electron chi connectivity index (χ0n) is 20.9. The summed E-state index contributed by atoms with van der Waals surface area (Å²) in [6.07, 6.45) is 4.80. The molecule has 0 unspecified atom stereocenters. The van der Waals surface area contributed by atoms with Crippen molar-refractivity contribution < 1.29 is 9.59 Å². The number of carbonyl (C=O) groups is 2. The number of aryl methyl sites for hydroxylation is 1. The summed E-state index contributed by atoms with van der Waals surface area (Å²) in [4.78, 5) is 27.2. The number of rotatable bonds is 4. The van der Waals surface area contributed by atoms with Crippen LogP contribution in [0, 0.1) is 6.92 Å². The summed E-state index contributed by atoms with van der Waals surface area (Å²) < 4.78 is 0. The molecule has 4 heteroatoms. The first kappa shape index (κ1) is 22.2. The van der Waals surface area contributed by atoms with Crippen molar-refractivity contribution in [2.24, 2.45) is 0 Å². The van der Waals surface area contributed by atoms with Crippen LogP contribution in [0.1, 0.15) is 86.8 Å². The molecule has 0 spiro atoms. The first-order valence-corrected chi connectivity index (χ1v) is 12.3. The minimum atomic E-state index is -0.210. The molecule has 0 bridgehead atoms. The van der Waals surface area contributed by atoms with Crippen LogP contribution in [0.2, 0.25) is 0 Å². The van der Waals surface area contributed by atoms with Gasteiger partial charge in [-0.15, -0.1) is 0 Å². The molecular weight excluding hydrogens is 408 g/mol. The molecule has 5 rings (SSSR count). The lowest BCUT2D eigenvalue weighted by molar-refractivity contribution is -0.125. The number of carbonyl (C=O) groups excluding carboxylic acids is 2. The second kappa shape index (κ2) is 7.19. The van der Waals surface area contributed by atoms with Crippen LogP contribution >= 0.6 is 0 Å². The lowest BCUT2D eigenvalue weighted by atomic mass is 9.62. The molecule has 174 valence electrons. The van der Waals surface area contributed by atoms with E-state index in [0.717, 1.165) is 5.56 Å². The van der Waals surface area contributed by atoms with Crippen LogP contribution in [0.15, 0.2) is 36.4 Å². The van der Waals surface area contributed by atoms with Crippen LogP contribution in [0.4, 0.5) is 4.79 Å². The number of nitrogens with zero attached hydrogens (tertiary/aromatic N) is 2. The Hall–Kier alpha value is -2.62. The summed E-state index contributed by atoms with van der Waals surface area (Å²) in [6, 6.07) is 13.4. The highest BCUT2D eigenvalue weighted by Gasteiger charge is 2.48. The predicted molar refractivity (Wildman–Crippen MR) is 131 cm³/mol. The molecule has 33 heavy (non-hydrogen) atoms. The van der Waals surface area contributed by atoms with Crippen LogP contribution in [0.3, 0.4) is 0 Å². The van der Waals surface area contributed by atoms with Crippen molar-refractivity contribution in [2.75, 3.05) is 13.6 Å². The second-order valence-electron chi connectivity index (χ2n) is 11.9. The van der Waals surface area contributed by atoms with E-state index in [1.165, 1.54) is 63.3 Å². The van der Waals surface area contributed by atoms with Gasteiger partial charge in [-0.2, -0.15) is 0 Å². The van der Waals surface area contributed by atoms with Gasteiger partial charge >= 0.3 is 6.03 Å². The van der Waals surface area contributed by atoms with Gasteiger partial charge in [0, 0.05) is 12.5 Å². The zero-order chi connectivity index (χ0) is 23.8. The van der Waals surface area contributed by atoms with E-state index >= 15 is 0 Å². The van der Waals surface area contributed by atoms with Gasteiger partial charge in [-0.25, -0.2) is 4.79 Å². The van der Waals surface area contributed by atoms with Crippen molar-refractivity contribution in [2.45, 2.75) is 83.1 Å². The Morgan fingerprint density at radius 1 is 0.818 bits per heavy atom. The van der Waals surface area contributed by atoms with Gasteiger partial charge in [0.25, 0.3) is 5.91 Å². The van der Waals surface area contributed by atoms with E-state index in [-0.39, 0.29) is 34.7 Å². The van der Waals surface area contributed by atoms with Gasteiger partial charge in [0.05, 0.1) is 6.54 Å². The summed E-state index contributed by atoms with van der Waals surface area (Å²) in [6.45, 7) is 12.4. The summed E-state index contributed by atoms with van der Waals surface area (Å²) in [5.74, 6) is -0.125. The topological polar surface area (TPSA) is 40.6 Å². The molecule has 3 amide bonds. The lowest BCUT2D eigenvalue weighted by Gasteiger charge is -2.43. The first-order chi connectivity index (χ1) is 15.4. The molecule has 1 aliphatic heterocycles. The molecule has 0 N–H and O–H groups in total. The smallest absolute Gasteiger partial charge is 0.318 e. The maximum Gasteiger partial charge on any atom is 0.327 e. The number of fused-ring (bicyclic) bond motifs is 1. The lowest BCUT2D eigenvalue weighted by Crippen LogP contribution is -2.34. The van der Waals surface area contributed by atoms with E-state index in [1.807, 2.05) is 0 Å². The number of likely N-dealkylation sites (N-methyl/N-ethyl adjacent to an activating group) is 1. The Kier molecular flexibility index (Phi) is 4.83. The zero-order valence-corrected chi connectivity index (χ0v) is 20.9. The fourth-order valence-corrected chi connectivity index (χ4v) is 6.01. The van der Waals surface area contributed by atoms with Crippen LogP contribution in [-0.4, -0.2) is 35.3 Å². The molecule has 2 fully saturated rings. The molecule has 2 aliphatic carbocycles. The molecule has 2 aromatic carbocycles. The molecule has 1 heterocycles. The number of urea groups is 1. The number of hydrogen-bond acceptors (Lipinski definition) is 2. The Labute approximate surface area is 198 Å². The molecule has 4 nitrogen and oxygen atoms in total. The largest absolute Gasteiger partial charge is 0.327 e. The monoisotopic (exact) mass is 444 g/mol. The summed E-state index contributed by atoms with van der Waals surface area (Å²) in [5.41, 5.74) is 8.79. The third-order valence-electron chi connectivity index (χ3n) is 8.54. The van der Waals surface area contributed by atoms with Crippen molar-refractivity contribution in [3.63, 3.8) is 0 Å². The molecular formula is C29H36N2O2. The molecule has 0 radical (unpaired) electrons. The highest BCUT2D eigenvalue weighted by atomic mass is 16.2. The number of imide groups is 1. The molecule has 3 aliphatic rings. The van der Waals surface area contributed by atoms with Crippen molar-refractivity contribution in [1.82, 2.24) is 9.80 Å². The fraction of sp³-hybridized carbons (Fsp3) is 0.517. The Bertz CT molecular complexity index is 1140. The highest BCUT2D eigenvalue weighted by molar-refractivity contribution is 6.01. The Balaban J connectivity index is 1.47. The maximum absolute atomic E-state index is 12.2. The van der Waals surface area contributed by atoms with E-state index in [9.17, 15) is 9.59 Å². The third kappa shape index (κ3) is 3.50. The average Bonchev–Trinajstić information content (AvgIpc) is 3.52. The number of hydrogen-bond donors (Lipinski definition) is 0. The van der Waals surface area contributed by atoms with Gasteiger partial charge in [-0.1, -0.05) is 64.1 Å². The normalized spacial score (nSPS) is 22.5. The van der Waals surface area contributed by atoms with E-state index in [1.54, 1.807) is 7.05 Å². The first-order valence-electron chi connectivity index (χ1n) is 12.3. The van der Waals surface area contributed by atoms with Crippen molar-refractivity contribution in [1.29, 1.82) is 0 Å². The van der Waals surface area contributed by atoms with Gasteiger partial charge < -0.3 is 4.90 Å². The minimum absolute atomic E-state index is 0.0921. The quantitative estimate of drug-likeness (QED) is 0.558. The summed E-state index contributed by atoms with van der Waals surface area (Å²) in [5, 5.41) is 0. The Morgan fingerprint density at radius 3 is 1.91 bits per heavy atom. The van der Waals surface area contributed by atoms with Crippen molar-refractivity contribution in [3.8, 4) is 0 Å². The molecule has 1 saturated carbocycles. The van der Waals surface area contributed by atoms with E-state index in [4.69, 9.17) is 0 Å². The van der Waals surface area contributed by atoms with Crippen molar-refractivity contribution >= 4 is 11.9 Å². The number of benzene rings is 2. The number of amides is 3. The Morgan fingerprint density at radius 2 is 1.39 bits per heavy atom. The third-order valence-corrected chi connectivity index (χ3v) is 8.54. The second-order valence-corrected chi connectivity index (χ2v) is 11.9. The van der Waals surface area contributed by atoms with Gasteiger partial charge in [0.1, 0.15) is 6.54 Å². The SMILES string of the molecule is Cc1cc2c(cc1C1(c3ccc(CN4C(=O)CN(C)C4=O)cc3)CC1)C(C)(C)CCC2(C)C.